The van der Waals surface area contributed by atoms with E-state index in [1.807, 2.05) is 0 Å². The lowest BCUT2D eigenvalue weighted by atomic mass is 9.87. The van der Waals surface area contributed by atoms with Gasteiger partial charge in [-0.05, 0) is 19.3 Å². The lowest BCUT2D eigenvalue weighted by molar-refractivity contribution is -0.0663. The highest BCUT2D eigenvalue weighted by Gasteiger charge is 2.26. The Morgan fingerprint density at radius 1 is 1.20 bits per heavy atom. The molecule has 0 radical (unpaired) electrons. The van der Waals surface area contributed by atoms with Gasteiger partial charge in [-0.1, -0.05) is 39.5 Å². The van der Waals surface area contributed by atoms with Gasteiger partial charge in [-0.3, -0.25) is 0 Å². The third-order valence-corrected chi connectivity index (χ3v) is 3.21. The number of unbranched alkanes of at least 4 members (excludes halogenated alkanes) is 1. The van der Waals surface area contributed by atoms with E-state index >= 15 is 0 Å². The SMILES string of the molecule is CCCCC(CC)CC(C)(COC)OC. The van der Waals surface area contributed by atoms with Crippen LogP contribution in [-0.2, 0) is 9.47 Å². The van der Waals surface area contributed by atoms with E-state index in [0.717, 1.165) is 12.3 Å². The van der Waals surface area contributed by atoms with Gasteiger partial charge >= 0.3 is 0 Å². The highest BCUT2D eigenvalue weighted by Crippen LogP contribution is 2.26. The van der Waals surface area contributed by atoms with Gasteiger partial charge in [0, 0.05) is 14.2 Å². The first kappa shape index (κ1) is 14.9. The molecule has 0 spiro atoms. The van der Waals surface area contributed by atoms with Gasteiger partial charge in [0.1, 0.15) is 0 Å². The zero-order valence-electron chi connectivity index (χ0n) is 11.1. The van der Waals surface area contributed by atoms with E-state index in [9.17, 15) is 0 Å². The van der Waals surface area contributed by atoms with Gasteiger partial charge in [-0.25, -0.2) is 0 Å². The molecular weight excluding hydrogens is 188 g/mol. The summed E-state index contributed by atoms with van der Waals surface area (Å²) in [5.74, 6) is 0.769. The molecule has 0 saturated carbocycles. The molecule has 2 unspecified atom stereocenters. The summed E-state index contributed by atoms with van der Waals surface area (Å²) in [7, 11) is 3.52. The maximum atomic E-state index is 5.57. The molecule has 0 bridgehead atoms. The maximum absolute atomic E-state index is 5.57. The average Bonchev–Trinajstić information content (AvgIpc) is 2.24. The van der Waals surface area contributed by atoms with Crippen LogP contribution in [0.3, 0.4) is 0 Å². The molecule has 0 heterocycles. The number of ether oxygens (including phenoxy) is 2. The summed E-state index contributed by atoms with van der Waals surface area (Å²) in [6, 6.07) is 0. The van der Waals surface area contributed by atoms with Crippen molar-refractivity contribution in [3.05, 3.63) is 0 Å². The Labute approximate surface area is 95.3 Å². The molecule has 0 aliphatic carbocycles. The highest BCUT2D eigenvalue weighted by molar-refractivity contribution is 4.78. The molecule has 0 N–H and O–H groups in total. The Morgan fingerprint density at radius 2 is 1.87 bits per heavy atom. The normalized spacial score (nSPS) is 17.4. The molecule has 0 aromatic heterocycles. The van der Waals surface area contributed by atoms with Gasteiger partial charge in [-0.2, -0.15) is 0 Å². The van der Waals surface area contributed by atoms with Crippen LogP contribution < -0.4 is 0 Å². The number of hydrogen-bond donors (Lipinski definition) is 0. The highest BCUT2D eigenvalue weighted by atomic mass is 16.5. The van der Waals surface area contributed by atoms with E-state index < -0.39 is 0 Å². The second-order valence-corrected chi connectivity index (χ2v) is 4.71. The molecule has 2 atom stereocenters. The van der Waals surface area contributed by atoms with Crippen LogP contribution in [0.1, 0.15) is 52.9 Å². The average molecular weight is 216 g/mol. The monoisotopic (exact) mass is 216 g/mol. The summed E-state index contributed by atoms with van der Waals surface area (Å²) in [5.41, 5.74) is -0.108. The minimum Gasteiger partial charge on any atom is -0.382 e. The van der Waals surface area contributed by atoms with Gasteiger partial charge in [0.2, 0.25) is 0 Å². The van der Waals surface area contributed by atoms with Gasteiger partial charge in [0.15, 0.2) is 0 Å². The Hall–Kier alpha value is -0.0800. The van der Waals surface area contributed by atoms with Crippen molar-refractivity contribution in [2.45, 2.75) is 58.5 Å². The first-order valence-electron chi connectivity index (χ1n) is 6.16. The number of rotatable bonds is 9. The molecule has 0 aliphatic heterocycles. The van der Waals surface area contributed by atoms with Crippen LogP contribution in [0.15, 0.2) is 0 Å². The maximum Gasteiger partial charge on any atom is 0.0885 e. The van der Waals surface area contributed by atoms with Crippen molar-refractivity contribution in [1.82, 2.24) is 0 Å². The molecule has 0 aromatic rings. The fraction of sp³-hybridized carbons (Fsp3) is 1.00. The van der Waals surface area contributed by atoms with Crippen LogP contribution in [0, 0.1) is 5.92 Å². The molecule has 0 amide bonds. The van der Waals surface area contributed by atoms with Crippen molar-refractivity contribution in [3.63, 3.8) is 0 Å². The predicted molar refractivity (Wildman–Crippen MR) is 65.2 cm³/mol. The zero-order valence-corrected chi connectivity index (χ0v) is 11.1. The van der Waals surface area contributed by atoms with Gasteiger partial charge < -0.3 is 9.47 Å². The Bertz CT molecular complexity index is 147. The summed E-state index contributed by atoms with van der Waals surface area (Å²) >= 11 is 0. The quantitative estimate of drug-likeness (QED) is 0.586. The molecule has 0 saturated heterocycles. The standard InChI is InChI=1S/C13H28O2/c1-6-8-9-12(7-2)10-13(3,15-5)11-14-4/h12H,6-11H2,1-5H3. The van der Waals surface area contributed by atoms with Gasteiger partial charge in [-0.15, -0.1) is 0 Å². The fourth-order valence-electron chi connectivity index (χ4n) is 2.06. The van der Waals surface area contributed by atoms with Crippen molar-refractivity contribution in [2.24, 2.45) is 5.92 Å². The van der Waals surface area contributed by atoms with Crippen molar-refractivity contribution >= 4 is 0 Å². The van der Waals surface area contributed by atoms with Crippen molar-refractivity contribution in [2.75, 3.05) is 20.8 Å². The molecule has 0 fully saturated rings. The lowest BCUT2D eigenvalue weighted by Gasteiger charge is -2.31. The minimum absolute atomic E-state index is 0.108. The van der Waals surface area contributed by atoms with Crippen molar-refractivity contribution in [3.8, 4) is 0 Å². The second kappa shape index (κ2) is 8.12. The Kier molecular flexibility index (Phi) is 8.07. The van der Waals surface area contributed by atoms with Crippen LogP contribution in [0.2, 0.25) is 0 Å². The molecular formula is C13H28O2. The molecule has 92 valence electrons. The van der Waals surface area contributed by atoms with Crippen molar-refractivity contribution < 1.29 is 9.47 Å². The molecule has 15 heavy (non-hydrogen) atoms. The van der Waals surface area contributed by atoms with E-state index in [0.29, 0.717) is 6.61 Å². The van der Waals surface area contributed by atoms with Crippen LogP contribution in [0.25, 0.3) is 0 Å². The Balaban J connectivity index is 4.09. The Morgan fingerprint density at radius 3 is 2.27 bits per heavy atom. The molecule has 0 aromatic carbocycles. The number of methoxy groups -OCH3 is 2. The van der Waals surface area contributed by atoms with Gasteiger partial charge in [0.25, 0.3) is 0 Å². The summed E-state index contributed by atoms with van der Waals surface area (Å²) < 4.78 is 10.8. The van der Waals surface area contributed by atoms with Crippen molar-refractivity contribution in [1.29, 1.82) is 0 Å². The topological polar surface area (TPSA) is 18.5 Å². The zero-order chi connectivity index (χ0) is 11.7. The van der Waals surface area contributed by atoms with E-state index in [2.05, 4.69) is 20.8 Å². The van der Waals surface area contributed by atoms with Crippen LogP contribution in [0.5, 0.6) is 0 Å². The van der Waals surface area contributed by atoms with Crippen LogP contribution in [0.4, 0.5) is 0 Å². The van der Waals surface area contributed by atoms with E-state index in [4.69, 9.17) is 9.47 Å². The summed E-state index contributed by atoms with van der Waals surface area (Å²) in [5, 5.41) is 0. The molecule has 2 nitrogen and oxygen atoms in total. The largest absolute Gasteiger partial charge is 0.382 e. The number of hydrogen-bond acceptors (Lipinski definition) is 2. The molecule has 2 heteroatoms. The third-order valence-electron chi connectivity index (χ3n) is 3.21. The van der Waals surface area contributed by atoms with Crippen LogP contribution >= 0.6 is 0 Å². The molecule has 0 rings (SSSR count). The third kappa shape index (κ3) is 6.16. The summed E-state index contributed by atoms with van der Waals surface area (Å²) in [4.78, 5) is 0. The smallest absolute Gasteiger partial charge is 0.0885 e. The first-order valence-corrected chi connectivity index (χ1v) is 6.16. The van der Waals surface area contributed by atoms with E-state index in [-0.39, 0.29) is 5.60 Å². The summed E-state index contributed by atoms with van der Waals surface area (Å²) in [6.45, 7) is 7.35. The van der Waals surface area contributed by atoms with Gasteiger partial charge in [0.05, 0.1) is 12.2 Å². The van der Waals surface area contributed by atoms with E-state index in [1.165, 1.54) is 25.7 Å². The lowest BCUT2D eigenvalue weighted by Crippen LogP contribution is -2.35. The fourth-order valence-corrected chi connectivity index (χ4v) is 2.06. The molecule has 0 aliphatic rings. The minimum atomic E-state index is -0.108. The predicted octanol–water partition coefficient (Wildman–Crippen LogP) is 3.64. The second-order valence-electron chi connectivity index (χ2n) is 4.71. The van der Waals surface area contributed by atoms with Crippen LogP contribution in [-0.4, -0.2) is 26.4 Å². The first-order chi connectivity index (χ1) is 7.11. The van der Waals surface area contributed by atoms with E-state index in [1.54, 1.807) is 14.2 Å². The summed E-state index contributed by atoms with van der Waals surface area (Å²) in [6.07, 6.45) is 6.27.